The number of amides is 1. The fraction of sp³-hybridized carbons (Fsp3) is 0.545. The number of hydrogen-bond donors (Lipinski definition) is 2. The van der Waals surface area contributed by atoms with Crippen LogP contribution in [0.3, 0.4) is 0 Å². The number of benzene rings is 2. The van der Waals surface area contributed by atoms with Gasteiger partial charge in [-0.1, -0.05) is 49.7 Å². The van der Waals surface area contributed by atoms with Gasteiger partial charge in [0.25, 0.3) is 16.0 Å². The molecule has 2 aromatic carbocycles. The van der Waals surface area contributed by atoms with Crippen molar-refractivity contribution in [2.24, 2.45) is 17.6 Å². The molecule has 2 atom stereocenters. The first-order chi connectivity index (χ1) is 22.5. The van der Waals surface area contributed by atoms with E-state index in [1.165, 1.54) is 24.3 Å². The highest BCUT2D eigenvalue weighted by Crippen LogP contribution is 2.30. The SMILES string of the molecule is CC(C)c1noc(N2CCC([C@H](C)CCOc3ccc(C[C@H](N)C(=O)N4CC(F)(F)C4)c(F)c3)CC2)n1.Cc1ccc(S(=O)(=O)O)cc1. The summed E-state index contributed by atoms with van der Waals surface area (Å²) in [5.41, 5.74) is 7.05. The molecular weight excluding hydrogens is 651 g/mol. The maximum atomic E-state index is 14.6. The summed E-state index contributed by atoms with van der Waals surface area (Å²) in [5, 5.41) is 4.05. The molecule has 48 heavy (non-hydrogen) atoms. The van der Waals surface area contributed by atoms with Gasteiger partial charge in [0.1, 0.15) is 11.6 Å². The number of carbonyl (C=O) groups excluding carboxylic acids is 1. The van der Waals surface area contributed by atoms with E-state index in [1.54, 1.807) is 18.2 Å². The number of anilines is 1. The van der Waals surface area contributed by atoms with Crippen LogP contribution in [-0.2, 0) is 21.3 Å². The fourth-order valence-electron chi connectivity index (χ4n) is 5.57. The minimum atomic E-state index is -4.02. The molecule has 2 aliphatic rings. The highest BCUT2D eigenvalue weighted by atomic mass is 32.2. The average Bonchev–Trinajstić information content (AvgIpc) is 3.52. The highest BCUT2D eigenvalue weighted by Gasteiger charge is 2.47. The summed E-state index contributed by atoms with van der Waals surface area (Å²) in [6.07, 6.45) is 2.83. The molecule has 0 radical (unpaired) electrons. The Bertz CT molecular complexity index is 1620. The van der Waals surface area contributed by atoms with Gasteiger partial charge in [0.05, 0.1) is 30.6 Å². The van der Waals surface area contributed by atoms with E-state index in [1.807, 2.05) is 20.8 Å². The Balaban J connectivity index is 0.000000401. The van der Waals surface area contributed by atoms with Crippen LogP contribution in [0.15, 0.2) is 51.9 Å². The lowest BCUT2D eigenvalue weighted by atomic mass is 9.84. The molecule has 0 saturated carbocycles. The number of aromatic nitrogens is 2. The number of aryl methyl sites for hydroxylation is 1. The number of carbonyl (C=O) groups is 1. The van der Waals surface area contributed by atoms with Gasteiger partial charge >= 0.3 is 6.01 Å². The molecule has 3 N–H and O–H groups in total. The van der Waals surface area contributed by atoms with Crippen LogP contribution >= 0.6 is 0 Å². The van der Waals surface area contributed by atoms with Gasteiger partial charge < -0.3 is 24.8 Å². The highest BCUT2D eigenvalue weighted by molar-refractivity contribution is 7.85. The molecule has 1 amide bonds. The molecule has 2 fully saturated rings. The standard InChI is InChI=1S/C26H36F3N5O3.C7H8O3S/c1-16(2)23-31-25(37-32-23)33-9-6-18(7-10-33)17(3)8-11-36-20-5-4-19(21(27)13-20)12-22(30)24(35)34-14-26(28,29)15-34;1-6-2-4-7(5-3-6)11(8,9)10/h4-5,13,16-18,22H,6-12,14-15,30H2,1-3H3;2-5H,1H3,(H,8,9,10)/t17-,22+;/m1./s1. The van der Waals surface area contributed by atoms with Gasteiger partial charge in [0.2, 0.25) is 5.91 Å². The number of halogens is 3. The summed E-state index contributed by atoms with van der Waals surface area (Å²) in [6.45, 7) is 9.05. The Morgan fingerprint density at radius 3 is 2.31 bits per heavy atom. The van der Waals surface area contributed by atoms with E-state index in [9.17, 15) is 26.4 Å². The molecule has 0 spiro atoms. The second kappa shape index (κ2) is 15.7. The summed E-state index contributed by atoms with van der Waals surface area (Å²) in [7, 11) is -4.02. The number of piperidine rings is 1. The van der Waals surface area contributed by atoms with Crippen LogP contribution in [0, 0.1) is 24.6 Å². The maximum absolute atomic E-state index is 14.6. The van der Waals surface area contributed by atoms with Crippen LogP contribution in [0.1, 0.15) is 62.9 Å². The quantitative estimate of drug-likeness (QED) is 0.255. The van der Waals surface area contributed by atoms with Gasteiger partial charge in [-0.25, -0.2) is 13.2 Å². The van der Waals surface area contributed by atoms with Crippen molar-refractivity contribution in [2.75, 3.05) is 37.7 Å². The molecule has 0 aliphatic carbocycles. The normalized spacial score (nSPS) is 17.7. The first kappa shape index (κ1) is 37.1. The number of likely N-dealkylation sites (tertiary alicyclic amines) is 1. The summed E-state index contributed by atoms with van der Waals surface area (Å²) in [6, 6.07) is 9.97. The monoisotopic (exact) mass is 695 g/mol. The summed E-state index contributed by atoms with van der Waals surface area (Å²) in [5.74, 6) is -1.63. The van der Waals surface area contributed by atoms with Crippen molar-refractivity contribution in [3.05, 3.63) is 65.2 Å². The van der Waals surface area contributed by atoms with Crippen molar-refractivity contribution in [3.63, 3.8) is 0 Å². The van der Waals surface area contributed by atoms with E-state index in [0.29, 0.717) is 30.2 Å². The fourth-order valence-corrected chi connectivity index (χ4v) is 6.05. The molecule has 0 bridgehead atoms. The van der Waals surface area contributed by atoms with Crippen LogP contribution in [-0.4, -0.2) is 78.7 Å². The first-order valence-corrected chi connectivity index (χ1v) is 17.4. The number of nitrogens with zero attached hydrogens (tertiary/aromatic N) is 4. The molecule has 3 aromatic rings. The van der Waals surface area contributed by atoms with Gasteiger partial charge in [-0.3, -0.25) is 9.35 Å². The van der Waals surface area contributed by atoms with Crippen LogP contribution in [0.2, 0.25) is 0 Å². The number of ether oxygens (including phenoxy) is 1. The predicted molar refractivity (Wildman–Crippen MR) is 173 cm³/mol. The molecule has 5 rings (SSSR count). The number of hydrogen-bond acceptors (Lipinski definition) is 9. The Morgan fingerprint density at radius 1 is 1.12 bits per heavy atom. The smallest absolute Gasteiger partial charge is 0.324 e. The van der Waals surface area contributed by atoms with Crippen LogP contribution in [0.25, 0.3) is 0 Å². The van der Waals surface area contributed by atoms with E-state index in [0.717, 1.165) is 48.6 Å². The van der Waals surface area contributed by atoms with Gasteiger partial charge in [-0.2, -0.15) is 13.4 Å². The maximum Gasteiger partial charge on any atom is 0.324 e. The summed E-state index contributed by atoms with van der Waals surface area (Å²) in [4.78, 5) is 19.7. The van der Waals surface area contributed by atoms with Crippen LogP contribution in [0.4, 0.5) is 19.2 Å². The predicted octanol–water partition coefficient (Wildman–Crippen LogP) is 5.24. The molecule has 15 heteroatoms. The summed E-state index contributed by atoms with van der Waals surface area (Å²) < 4.78 is 81.3. The van der Waals surface area contributed by atoms with E-state index >= 15 is 0 Å². The number of rotatable bonds is 11. The second-order valence-corrected chi connectivity index (χ2v) is 14.4. The number of nitrogens with two attached hydrogens (primary N) is 1. The molecule has 2 saturated heterocycles. The Kier molecular flexibility index (Phi) is 12.1. The summed E-state index contributed by atoms with van der Waals surface area (Å²) >= 11 is 0. The van der Waals surface area contributed by atoms with Crippen molar-refractivity contribution in [3.8, 4) is 5.75 Å². The van der Waals surface area contributed by atoms with Crippen molar-refractivity contribution in [1.82, 2.24) is 15.0 Å². The third-order valence-electron chi connectivity index (χ3n) is 8.66. The molecule has 11 nitrogen and oxygen atoms in total. The minimum Gasteiger partial charge on any atom is -0.493 e. The lowest BCUT2D eigenvalue weighted by molar-refractivity contribution is -0.166. The molecule has 264 valence electrons. The second-order valence-electron chi connectivity index (χ2n) is 12.9. The molecule has 0 unspecified atom stereocenters. The molecule has 1 aromatic heterocycles. The van der Waals surface area contributed by atoms with Crippen molar-refractivity contribution >= 4 is 22.0 Å². The zero-order valence-corrected chi connectivity index (χ0v) is 28.4. The third kappa shape index (κ3) is 10.2. The topological polar surface area (TPSA) is 152 Å². The lowest BCUT2D eigenvalue weighted by Gasteiger charge is -2.39. The lowest BCUT2D eigenvalue weighted by Crippen LogP contribution is -2.62. The van der Waals surface area contributed by atoms with Crippen molar-refractivity contribution < 1.29 is 40.2 Å². The zero-order valence-electron chi connectivity index (χ0n) is 27.6. The van der Waals surface area contributed by atoms with E-state index < -0.39 is 46.9 Å². The molecule has 2 aliphatic heterocycles. The minimum absolute atomic E-state index is 0.0644. The van der Waals surface area contributed by atoms with E-state index in [4.69, 9.17) is 19.5 Å². The zero-order chi connectivity index (χ0) is 35.2. The Hall–Kier alpha value is -3.69. The van der Waals surface area contributed by atoms with Gasteiger partial charge in [-0.05, 0) is 68.2 Å². The van der Waals surface area contributed by atoms with Crippen molar-refractivity contribution in [2.45, 2.75) is 76.2 Å². The Labute approximate surface area is 279 Å². The van der Waals surface area contributed by atoms with Crippen molar-refractivity contribution in [1.29, 1.82) is 0 Å². The molecule has 3 heterocycles. The van der Waals surface area contributed by atoms with Gasteiger partial charge in [-0.15, -0.1) is 0 Å². The largest absolute Gasteiger partial charge is 0.493 e. The number of alkyl halides is 2. The first-order valence-electron chi connectivity index (χ1n) is 16.0. The van der Waals surface area contributed by atoms with Crippen LogP contribution < -0.4 is 15.4 Å². The average molecular weight is 696 g/mol. The van der Waals surface area contributed by atoms with Gasteiger partial charge in [0.15, 0.2) is 5.82 Å². The third-order valence-corrected chi connectivity index (χ3v) is 9.53. The van der Waals surface area contributed by atoms with Crippen LogP contribution in [0.5, 0.6) is 5.75 Å². The van der Waals surface area contributed by atoms with E-state index in [-0.39, 0.29) is 22.8 Å². The molecular formula is C33H44F3N5O6S. The Morgan fingerprint density at radius 2 is 1.77 bits per heavy atom. The van der Waals surface area contributed by atoms with E-state index in [2.05, 4.69) is 22.0 Å². The van der Waals surface area contributed by atoms with Gasteiger partial charge in [0, 0.05) is 25.1 Å².